The van der Waals surface area contributed by atoms with Gasteiger partial charge in [-0.25, -0.2) is 4.98 Å². The van der Waals surface area contributed by atoms with E-state index in [9.17, 15) is 18.0 Å². The van der Waals surface area contributed by atoms with Gasteiger partial charge in [0.25, 0.3) is 5.91 Å². The first-order chi connectivity index (χ1) is 21.5. The Hall–Kier alpha value is -4.81. The molecule has 2 aromatic carbocycles. The molecular weight excluding hydrogens is 583 g/mol. The first-order valence-electron chi connectivity index (χ1n) is 14.5. The Kier molecular flexibility index (Phi) is 8.26. The lowest BCUT2D eigenvalue weighted by molar-refractivity contribution is -0.138. The summed E-state index contributed by atoms with van der Waals surface area (Å²) < 4.78 is 50.4. The van der Waals surface area contributed by atoms with Gasteiger partial charge in [-0.05, 0) is 67.6 Å². The van der Waals surface area contributed by atoms with Crippen molar-refractivity contribution in [2.75, 3.05) is 38.5 Å². The molecule has 0 spiro atoms. The van der Waals surface area contributed by atoms with Crippen LogP contribution in [0.5, 0.6) is 11.6 Å². The number of aryl methyl sites for hydroxylation is 2. The van der Waals surface area contributed by atoms with Gasteiger partial charge in [-0.1, -0.05) is 12.1 Å². The minimum Gasteiger partial charge on any atom is -0.437 e. The number of rotatable bonds is 7. The van der Waals surface area contributed by atoms with Gasteiger partial charge in [0.05, 0.1) is 11.1 Å². The fourth-order valence-corrected chi connectivity index (χ4v) is 5.38. The van der Waals surface area contributed by atoms with Crippen molar-refractivity contribution in [2.24, 2.45) is 7.05 Å². The minimum absolute atomic E-state index is 0.0588. The van der Waals surface area contributed by atoms with E-state index >= 15 is 0 Å². The molecule has 1 fully saturated rings. The van der Waals surface area contributed by atoms with Gasteiger partial charge < -0.3 is 19.5 Å². The number of likely N-dealkylation sites (N-methyl/N-ethyl adjacent to an activating group) is 1. The van der Waals surface area contributed by atoms with E-state index in [4.69, 9.17) is 4.74 Å². The third-order valence-corrected chi connectivity index (χ3v) is 7.96. The summed E-state index contributed by atoms with van der Waals surface area (Å²) in [6.07, 6.45) is 0.583. The molecule has 0 saturated carbocycles. The number of nitrogens with one attached hydrogen (secondary N) is 1. The van der Waals surface area contributed by atoms with Crippen molar-refractivity contribution in [3.8, 4) is 23.0 Å². The van der Waals surface area contributed by atoms with E-state index in [2.05, 4.69) is 25.2 Å². The van der Waals surface area contributed by atoms with Gasteiger partial charge in [0.2, 0.25) is 5.88 Å². The molecular formula is C33H32F3N7O2. The lowest BCUT2D eigenvalue weighted by atomic mass is 10.0. The lowest BCUT2D eigenvalue weighted by Gasteiger charge is -2.33. The molecule has 45 heavy (non-hydrogen) atoms. The molecule has 0 unspecified atom stereocenters. The molecule has 12 heteroatoms. The van der Waals surface area contributed by atoms with Gasteiger partial charge in [-0.3, -0.25) is 14.7 Å². The molecule has 0 bridgehead atoms. The number of piperazine rings is 1. The van der Waals surface area contributed by atoms with Crippen molar-refractivity contribution >= 4 is 22.6 Å². The predicted octanol–water partition coefficient (Wildman–Crippen LogP) is 6.15. The predicted molar refractivity (Wildman–Crippen MR) is 165 cm³/mol. The summed E-state index contributed by atoms with van der Waals surface area (Å²) in [5.74, 6) is 0.529. The number of fused-ring (bicyclic) bond motifs is 1. The average Bonchev–Trinajstić information content (AvgIpc) is 3.40. The fraction of sp³-hybridized carbons (Fsp3) is 0.273. The highest BCUT2D eigenvalue weighted by atomic mass is 19.4. The summed E-state index contributed by atoms with van der Waals surface area (Å²) in [5, 5.41) is 2.65. The van der Waals surface area contributed by atoms with Crippen molar-refractivity contribution in [3.63, 3.8) is 0 Å². The minimum atomic E-state index is -4.57. The van der Waals surface area contributed by atoms with Crippen LogP contribution in [0.3, 0.4) is 0 Å². The van der Waals surface area contributed by atoms with E-state index < -0.39 is 17.6 Å². The molecule has 3 aromatic heterocycles. The molecule has 0 radical (unpaired) electrons. The summed E-state index contributed by atoms with van der Waals surface area (Å²) in [6.45, 7) is 4.93. The van der Waals surface area contributed by atoms with E-state index in [1.807, 2.05) is 35.8 Å². The number of anilines is 1. The standard InChI is InChI=1S/C33H32F3N7O2/c1-21-4-7-25(45-32-29-28(10-13-42(29)3)39-30(40-32)22-8-11-37-12-9-22)19-26(21)31(44)38-24-6-5-23(27(18-24)33(34,35)36)20-43-16-14-41(2)15-17-43/h4-13,18-19H,14-17,20H2,1-3H3,(H,38,44). The summed E-state index contributed by atoms with van der Waals surface area (Å²) in [7, 11) is 3.85. The number of pyridine rings is 1. The summed E-state index contributed by atoms with van der Waals surface area (Å²) in [6, 6.07) is 14.4. The van der Waals surface area contributed by atoms with Crippen LogP contribution in [0.4, 0.5) is 18.9 Å². The van der Waals surface area contributed by atoms with Crippen LogP contribution in [0, 0.1) is 6.92 Å². The van der Waals surface area contributed by atoms with E-state index in [0.29, 0.717) is 47.1 Å². The van der Waals surface area contributed by atoms with Crippen LogP contribution < -0.4 is 10.1 Å². The lowest BCUT2D eigenvalue weighted by Crippen LogP contribution is -2.44. The highest BCUT2D eigenvalue weighted by molar-refractivity contribution is 6.05. The van der Waals surface area contributed by atoms with Crippen LogP contribution in [-0.4, -0.2) is 68.5 Å². The second-order valence-corrected chi connectivity index (χ2v) is 11.2. The molecule has 1 aliphatic rings. The molecule has 9 nitrogen and oxygen atoms in total. The highest BCUT2D eigenvalue weighted by Crippen LogP contribution is 2.35. The zero-order chi connectivity index (χ0) is 31.7. The Labute approximate surface area is 258 Å². The van der Waals surface area contributed by atoms with Crippen molar-refractivity contribution in [1.82, 2.24) is 29.3 Å². The number of alkyl halides is 3. The van der Waals surface area contributed by atoms with E-state index in [1.165, 1.54) is 12.1 Å². The van der Waals surface area contributed by atoms with Gasteiger partial charge >= 0.3 is 6.18 Å². The maximum Gasteiger partial charge on any atom is 0.416 e. The van der Waals surface area contributed by atoms with E-state index in [-0.39, 0.29) is 23.4 Å². The number of hydrogen-bond acceptors (Lipinski definition) is 7. The monoisotopic (exact) mass is 615 g/mol. The number of carbonyl (C=O) groups excluding carboxylic acids is 1. The SMILES string of the molecule is Cc1ccc(Oc2nc(-c3ccncc3)nc3ccn(C)c23)cc1C(=O)Nc1ccc(CN2CCN(C)CC2)c(C(F)(F)F)c1. The molecule has 1 N–H and O–H groups in total. The fourth-order valence-electron chi connectivity index (χ4n) is 5.38. The molecule has 6 rings (SSSR count). The van der Waals surface area contributed by atoms with Crippen molar-refractivity contribution < 1.29 is 22.7 Å². The van der Waals surface area contributed by atoms with E-state index in [0.717, 1.165) is 24.7 Å². The molecule has 0 atom stereocenters. The third kappa shape index (κ3) is 6.66. The number of hydrogen-bond donors (Lipinski definition) is 1. The van der Waals surface area contributed by atoms with Crippen molar-refractivity contribution in [3.05, 3.63) is 95.4 Å². The largest absolute Gasteiger partial charge is 0.437 e. The van der Waals surface area contributed by atoms with Crippen LogP contribution in [0.25, 0.3) is 22.4 Å². The van der Waals surface area contributed by atoms with Gasteiger partial charge in [0.1, 0.15) is 11.3 Å². The van der Waals surface area contributed by atoms with Gasteiger partial charge in [-0.15, -0.1) is 0 Å². The zero-order valence-electron chi connectivity index (χ0n) is 25.1. The average molecular weight is 616 g/mol. The Morgan fingerprint density at radius 1 is 0.956 bits per heavy atom. The maximum atomic E-state index is 14.1. The van der Waals surface area contributed by atoms with Gasteiger partial charge in [0.15, 0.2) is 5.82 Å². The summed E-state index contributed by atoms with van der Waals surface area (Å²) in [4.78, 5) is 30.9. The highest BCUT2D eigenvalue weighted by Gasteiger charge is 2.34. The third-order valence-electron chi connectivity index (χ3n) is 7.96. The second-order valence-electron chi connectivity index (χ2n) is 11.2. The number of nitrogens with zero attached hydrogens (tertiary/aromatic N) is 6. The Morgan fingerprint density at radius 2 is 1.71 bits per heavy atom. The molecule has 1 saturated heterocycles. The van der Waals surface area contributed by atoms with Crippen LogP contribution in [0.1, 0.15) is 27.0 Å². The summed E-state index contributed by atoms with van der Waals surface area (Å²) in [5.41, 5.74) is 2.47. The molecule has 4 heterocycles. The van der Waals surface area contributed by atoms with Crippen LogP contribution >= 0.6 is 0 Å². The van der Waals surface area contributed by atoms with Gasteiger partial charge in [0, 0.05) is 75.2 Å². The number of halogens is 3. The molecule has 5 aromatic rings. The molecule has 1 amide bonds. The summed E-state index contributed by atoms with van der Waals surface area (Å²) >= 11 is 0. The molecule has 232 valence electrons. The van der Waals surface area contributed by atoms with Crippen LogP contribution in [-0.2, 0) is 19.8 Å². The van der Waals surface area contributed by atoms with E-state index in [1.54, 1.807) is 49.6 Å². The topological polar surface area (TPSA) is 88.4 Å². The first-order valence-corrected chi connectivity index (χ1v) is 14.5. The normalized spacial score (nSPS) is 14.5. The number of amides is 1. The smallest absolute Gasteiger partial charge is 0.416 e. The Bertz CT molecular complexity index is 1850. The Balaban J connectivity index is 1.25. The van der Waals surface area contributed by atoms with Crippen LogP contribution in [0.2, 0.25) is 0 Å². The maximum absolute atomic E-state index is 14.1. The van der Waals surface area contributed by atoms with Crippen molar-refractivity contribution in [2.45, 2.75) is 19.6 Å². The zero-order valence-corrected chi connectivity index (χ0v) is 25.1. The first kappa shape index (κ1) is 30.2. The molecule has 1 aliphatic heterocycles. The van der Waals surface area contributed by atoms with Crippen molar-refractivity contribution in [1.29, 1.82) is 0 Å². The second kappa shape index (κ2) is 12.3. The Morgan fingerprint density at radius 3 is 2.44 bits per heavy atom. The van der Waals surface area contributed by atoms with Gasteiger partial charge in [-0.2, -0.15) is 18.2 Å². The number of aromatic nitrogens is 4. The molecule has 0 aliphatic carbocycles. The van der Waals surface area contributed by atoms with Crippen LogP contribution in [0.15, 0.2) is 73.2 Å². The quantitative estimate of drug-likeness (QED) is 0.235. The number of carbonyl (C=O) groups is 1. The number of benzene rings is 2. The number of ether oxygens (including phenoxy) is 1.